The fourth-order valence-electron chi connectivity index (χ4n) is 3.22. The van der Waals surface area contributed by atoms with Gasteiger partial charge in [-0.3, -0.25) is 4.79 Å². The number of amides is 1. The number of benzene rings is 2. The highest BCUT2D eigenvalue weighted by molar-refractivity contribution is 6.35. The van der Waals surface area contributed by atoms with Crippen molar-refractivity contribution in [2.45, 2.75) is 13.8 Å². The number of hydrogen-bond acceptors (Lipinski definition) is 3. The molecule has 2 aromatic carbocycles. The summed E-state index contributed by atoms with van der Waals surface area (Å²) >= 11 is 0. The number of carbonyl (C=O) groups excluding carboxylic acids is 1. The molecule has 0 N–H and O–H groups in total. The van der Waals surface area contributed by atoms with E-state index in [1.165, 1.54) is 0 Å². The molecule has 3 rings (SSSR count). The molecule has 0 fully saturated rings. The number of carbonyl (C=O) groups is 1. The van der Waals surface area contributed by atoms with E-state index < -0.39 is 0 Å². The van der Waals surface area contributed by atoms with Gasteiger partial charge in [0.1, 0.15) is 11.5 Å². The molecule has 0 aliphatic carbocycles. The van der Waals surface area contributed by atoms with Crippen LogP contribution in [0.25, 0.3) is 11.6 Å². The lowest BCUT2D eigenvalue weighted by atomic mass is 10.0. The van der Waals surface area contributed by atoms with E-state index in [0.29, 0.717) is 12.1 Å². The van der Waals surface area contributed by atoms with Gasteiger partial charge < -0.3 is 14.4 Å². The van der Waals surface area contributed by atoms with Crippen molar-refractivity contribution in [2.75, 3.05) is 25.7 Å². The lowest BCUT2D eigenvalue weighted by Crippen LogP contribution is -2.25. The number of likely N-dealkylation sites (N-methyl/N-ethyl adjacent to an activating group) is 1. The van der Waals surface area contributed by atoms with Crippen molar-refractivity contribution in [2.24, 2.45) is 0 Å². The Hall–Kier alpha value is -2.75. The summed E-state index contributed by atoms with van der Waals surface area (Å²) in [5.41, 5.74) is 4.39. The molecule has 2 aromatic rings. The van der Waals surface area contributed by atoms with Crippen LogP contribution in [-0.4, -0.2) is 26.7 Å². The second-order valence-electron chi connectivity index (χ2n) is 5.64. The Morgan fingerprint density at radius 2 is 1.83 bits per heavy atom. The van der Waals surface area contributed by atoms with E-state index in [0.717, 1.165) is 33.9 Å². The molecular formula is C20H21NO3. The van der Waals surface area contributed by atoms with Gasteiger partial charge in [0.2, 0.25) is 0 Å². The van der Waals surface area contributed by atoms with E-state index >= 15 is 0 Å². The van der Waals surface area contributed by atoms with E-state index in [1.807, 2.05) is 56.3 Å². The van der Waals surface area contributed by atoms with Gasteiger partial charge in [-0.2, -0.15) is 0 Å². The fraction of sp³-hybridized carbons (Fsp3) is 0.250. The van der Waals surface area contributed by atoms with Crippen LogP contribution in [0.1, 0.15) is 23.6 Å². The Balaban J connectivity index is 2.16. The van der Waals surface area contributed by atoms with Gasteiger partial charge in [-0.15, -0.1) is 0 Å². The average molecular weight is 323 g/mol. The number of methoxy groups -OCH3 is 2. The summed E-state index contributed by atoms with van der Waals surface area (Å²) in [4.78, 5) is 14.6. The van der Waals surface area contributed by atoms with Gasteiger partial charge in [-0.1, -0.05) is 18.2 Å². The molecule has 1 aliphatic rings. The molecule has 4 heteroatoms. The van der Waals surface area contributed by atoms with Crippen LogP contribution in [0, 0.1) is 6.92 Å². The first-order valence-corrected chi connectivity index (χ1v) is 7.96. The number of rotatable bonds is 4. The van der Waals surface area contributed by atoms with Crippen LogP contribution >= 0.6 is 0 Å². The normalized spacial score (nSPS) is 14.9. The number of hydrogen-bond donors (Lipinski definition) is 0. The molecule has 1 heterocycles. The van der Waals surface area contributed by atoms with Gasteiger partial charge in [0.25, 0.3) is 5.91 Å². The van der Waals surface area contributed by atoms with Crippen LogP contribution in [0.15, 0.2) is 36.4 Å². The molecule has 24 heavy (non-hydrogen) atoms. The Morgan fingerprint density at radius 1 is 1.08 bits per heavy atom. The molecule has 4 nitrogen and oxygen atoms in total. The van der Waals surface area contributed by atoms with Crippen molar-refractivity contribution in [3.8, 4) is 11.5 Å². The Morgan fingerprint density at radius 3 is 2.50 bits per heavy atom. The van der Waals surface area contributed by atoms with Crippen molar-refractivity contribution in [1.82, 2.24) is 0 Å². The average Bonchev–Trinajstić information content (AvgIpc) is 2.87. The van der Waals surface area contributed by atoms with Gasteiger partial charge in [0.05, 0.1) is 19.9 Å². The predicted molar refractivity (Wildman–Crippen MR) is 96.6 cm³/mol. The van der Waals surface area contributed by atoms with Crippen molar-refractivity contribution < 1.29 is 14.3 Å². The van der Waals surface area contributed by atoms with E-state index in [-0.39, 0.29) is 5.91 Å². The number of nitrogens with zero attached hydrogens (tertiary/aromatic N) is 1. The topological polar surface area (TPSA) is 38.8 Å². The van der Waals surface area contributed by atoms with Crippen LogP contribution in [0.5, 0.6) is 11.5 Å². The van der Waals surface area contributed by atoms with Crippen LogP contribution in [0.4, 0.5) is 5.69 Å². The summed E-state index contributed by atoms with van der Waals surface area (Å²) in [6, 6.07) is 11.7. The third-order valence-corrected chi connectivity index (χ3v) is 4.39. The first-order valence-electron chi connectivity index (χ1n) is 7.96. The Bertz CT molecular complexity index is 824. The molecule has 0 atom stereocenters. The van der Waals surface area contributed by atoms with Crippen LogP contribution in [-0.2, 0) is 4.79 Å². The molecular weight excluding hydrogens is 302 g/mol. The Kier molecular flexibility index (Phi) is 4.30. The molecule has 0 saturated carbocycles. The summed E-state index contributed by atoms with van der Waals surface area (Å²) in [5, 5.41) is 0. The van der Waals surface area contributed by atoms with Gasteiger partial charge >= 0.3 is 0 Å². The van der Waals surface area contributed by atoms with Gasteiger partial charge in [0, 0.05) is 28.8 Å². The zero-order chi connectivity index (χ0) is 17.3. The highest BCUT2D eigenvalue weighted by atomic mass is 16.5. The molecule has 1 amide bonds. The number of ether oxygens (including phenoxy) is 2. The summed E-state index contributed by atoms with van der Waals surface area (Å²) in [6.45, 7) is 4.57. The number of para-hydroxylation sites is 1. The van der Waals surface area contributed by atoms with Gasteiger partial charge in [0.15, 0.2) is 0 Å². The number of anilines is 1. The van der Waals surface area contributed by atoms with Crippen LogP contribution in [0.2, 0.25) is 0 Å². The maximum atomic E-state index is 12.8. The second-order valence-corrected chi connectivity index (χ2v) is 5.64. The third-order valence-electron chi connectivity index (χ3n) is 4.39. The monoisotopic (exact) mass is 323 g/mol. The van der Waals surface area contributed by atoms with Crippen LogP contribution in [0.3, 0.4) is 0 Å². The zero-order valence-corrected chi connectivity index (χ0v) is 14.4. The summed E-state index contributed by atoms with van der Waals surface area (Å²) in [6.07, 6.45) is 1.90. The van der Waals surface area contributed by atoms with Crippen molar-refractivity contribution in [3.63, 3.8) is 0 Å². The fourth-order valence-corrected chi connectivity index (χ4v) is 3.22. The van der Waals surface area contributed by atoms with E-state index in [4.69, 9.17) is 9.47 Å². The molecule has 0 bridgehead atoms. The molecule has 0 radical (unpaired) electrons. The maximum Gasteiger partial charge on any atom is 0.258 e. The molecule has 0 unspecified atom stereocenters. The van der Waals surface area contributed by atoms with Crippen molar-refractivity contribution in [1.29, 1.82) is 0 Å². The SMILES string of the molecule is CCN1C(=O)/C(=C\c2ccc(OC)c(C)c2OC)c2ccccc21. The molecule has 0 saturated heterocycles. The van der Waals surface area contributed by atoms with E-state index in [1.54, 1.807) is 19.1 Å². The largest absolute Gasteiger partial charge is 0.496 e. The van der Waals surface area contributed by atoms with Crippen molar-refractivity contribution in [3.05, 3.63) is 53.1 Å². The first-order chi connectivity index (χ1) is 11.6. The number of fused-ring (bicyclic) bond motifs is 1. The lowest BCUT2D eigenvalue weighted by molar-refractivity contribution is -0.112. The minimum Gasteiger partial charge on any atom is -0.496 e. The molecule has 0 spiro atoms. The van der Waals surface area contributed by atoms with Crippen LogP contribution < -0.4 is 14.4 Å². The standard InChI is InChI=1S/C20H21NO3/c1-5-21-17-9-7-6-8-15(17)16(20(21)22)12-14-10-11-18(23-3)13(2)19(14)24-4/h6-12H,5H2,1-4H3/b16-12-. The zero-order valence-electron chi connectivity index (χ0n) is 14.4. The van der Waals surface area contributed by atoms with Gasteiger partial charge in [-0.05, 0) is 38.1 Å². The smallest absolute Gasteiger partial charge is 0.258 e. The highest BCUT2D eigenvalue weighted by Gasteiger charge is 2.31. The first kappa shape index (κ1) is 16.1. The Labute approximate surface area is 142 Å². The lowest BCUT2D eigenvalue weighted by Gasteiger charge is -2.14. The second kappa shape index (κ2) is 6.40. The minimum atomic E-state index is 0.0224. The predicted octanol–water partition coefficient (Wildman–Crippen LogP) is 3.92. The molecule has 124 valence electrons. The van der Waals surface area contributed by atoms with E-state index in [2.05, 4.69) is 0 Å². The molecule has 0 aromatic heterocycles. The third kappa shape index (κ3) is 2.44. The van der Waals surface area contributed by atoms with Crippen molar-refractivity contribution >= 4 is 23.2 Å². The summed E-state index contributed by atoms with van der Waals surface area (Å²) in [5.74, 6) is 1.51. The van der Waals surface area contributed by atoms with Gasteiger partial charge in [-0.25, -0.2) is 0 Å². The highest BCUT2D eigenvalue weighted by Crippen LogP contribution is 2.39. The quantitative estimate of drug-likeness (QED) is 0.801. The summed E-state index contributed by atoms with van der Waals surface area (Å²) in [7, 11) is 3.27. The maximum absolute atomic E-state index is 12.8. The summed E-state index contributed by atoms with van der Waals surface area (Å²) < 4.78 is 10.9. The minimum absolute atomic E-state index is 0.0224. The molecule has 1 aliphatic heterocycles. The van der Waals surface area contributed by atoms with E-state index in [9.17, 15) is 4.79 Å².